The van der Waals surface area contributed by atoms with Crippen molar-refractivity contribution in [1.82, 2.24) is 5.43 Å². The third-order valence-corrected chi connectivity index (χ3v) is 5.44. The summed E-state index contributed by atoms with van der Waals surface area (Å²) in [5.74, 6) is 0.337. The summed E-state index contributed by atoms with van der Waals surface area (Å²) in [6.45, 7) is 0.206. The van der Waals surface area contributed by atoms with Gasteiger partial charge in [0.05, 0.1) is 11.1 Å². The average molecular weight is 465 g/mol. The lowest BCUT2D eigenvalue weighted by atomic mass is 10.1. The quantitative estimate of drug-likeness (QED) is 0.185. The number of hydrazone groups is 1. The van der Waals surface area contributed by atoms with Gasteiger partial charge in [-0.15, -0.1) is 0 Å². The zero-order valence-corrected chi connectivity index (χ0v) is 18.4. The molecule has 1 aromatic heterocycles. The van der Waals surface area contributed by atoms with Crippen LogP contribution >= 0.6 is 0 Å². The number of benzene rings is 4. The number of non-ortho nitro benzene ring substituents is 1. The van der Waals surface area contributed by atoms with E-state index in [0.717, 1.165) is 21.7 Å². The molecule has 0 saturated heterocycles. The minimum Gasteiger partial charge on any atom is -0.489 e. The zero-order chi connectivity index (χ0) is 24.2. The number of hydrogen-bond donors (Lipinski definition) is 1. The smallest absolute Gasteiger partial charge is 0.307 e. The predicted octanol–water partition coefficient (Wildman–Crippen LogP) is 5.84. The molecule has 0 atom stereocenters. The normalized spacial score (nSPS) is 11.2. The summed E-state index contributed by atoms with van der Waals surface area (Å²) in [6.07, 6.45) is 1.51. The Morgan fingerprint density at radius 1 is 0.971 bits per heavy atom. The molecule has 0 aliphatic heterocycles. The van der Waals surface area contributed by atoms with E-state index in [1.807, 2.05) is 36.4 Å². The van der Waals surface area contributed by atoms with Gasteiger partial charge in [0.2, 0.25) is 0 Å². The first kappa shape index (κ1) is 21.8. The van der Waals surface area contributed by atoms with Crippen molar-refractivity contribution in [2.45, 2.75) is 6.61 Å². The summed E-state index contributed by atoms with van der Waals surface area (Å²) in [7, 11) is 0. The van der Waals surface area contributed by atoms with Crippen molar-refractivity contribution in [3.05, 3.63) is 118 Å². The molecule has 4 aromatic carbocycles. The van der Waals surface area contributed by atoms with E-state index in [-0.39, 0.29) is 18.1 Å². The van der Waals surface area contributed by atoms with Gasteiger partial charge in [0, 0.05) is 17.5 Å². The number of nitro benzene ring substituents is 1. The van der Waals surface area contributed by atoms with Gasteiger partial charge in [0.1, 0.15) is 17.9 Å². The van der Waals surface area contributed by atoms with E-state index in [1.165, 1.54) is 18.3 Å². The largest absolute Gasteiger partial charge is 0.489 e. The summed E-state index contributed by atoms with van der Waals surface area (Å²) < 4.78 is 11.4. The Bertz CT molecular complexity index is 1570. The van der Waals surface area contributed by atoms with Crippen LogP contribution < -0.4 is 10.2 Å². The Balaban J connectivity index is 1.19. The molecular formula is C27H19N3O5. The first-order chi connectivity index (χ1) is 17.1. The highest BCUT2D eigenvalue weighted by molar-refractivity contribution is 6.08. The SMILES string of the molecule is O=C(N/N=C\c1ccc(OCc2cccc([N+](=O)[O-])c2)cc1)c1cc2c(ccc3ccccc32)o1. The second-order valence-electron chi connectivity index (χ2n) is 7.79. The van der Waals surface area contributed by atoms with E-state index in [2.05, 4.69) is 10.5 Å². The maximum atomic E-state index is 12.5. The number of furan rings is 1. The second-order valence-corrected chi connectivity index (χ2v) is 7.79. The van der Waals surface area contributed by atoms with Crippen LogP contribution in [0.5, 0.6) is 5.75 Å². The van der Waals surface area contributed by atoms with Crippen LogP contribution in [0, 0.1) is 10.1 Å². The van der Waals surface area contributed by atoms with Crippen LogP contribution in [0.4, 0.5) is 5.69 Å². The van der Waals surface area contributed by atoms with E-state index in [9.17, 15) is 14.9 Å². The molecular weight excluding hydrogens is 446 g/mol. The zero-order valence-electron chi connectivity index (χ0n) is 18.4. The molecule has 0 aliphatic rings. The highest BCUT2D eigenvalue weighted by Gasteiger charge is 2.13. The lowest BCUT2D eigenvalue weighted by Crippen LogP contribution is -2.16. The molecule has 35 heavy (non-hydrogen) atoms. The topological polar surface area (TPSA) is 107 Å². The molecule has 0 saturated carbocycles. The van der Waals surface area contributed by atoms with Crippen molar-refractivity contribution in [3.8, 4) is 5.75 Å². The fraction of sp³-hybridized carbons (Fsp3) is 0.0370. The van der Waals surface area contributed by atoms with Crippen molar-refractivity contribution in [2.24, 2.45) is 5.10 Å². The number of fused-ring (bicyclic) bond motifs is 3. The minimum atomic E-state index is -0.446. The molecule has 5 aromatic rings. The van der Waals surface area contributed by atoms with Gasteiger partial charge < -0.3 is 9.15 Å². The van der Waals surface area contributed by atoms with Gasteiger partial charge in [0.25, 0.3) is 5.69 Å². The van der Waals surface area contributed by atoms with E-state index in [0.29, 0.717) is 16.9 Å². The predicted molar refractivity (Wildman–Crippen MR) is 133 cm³/mol. The van der Waals surface area contributed by atoms with Crippen LogP contribution in [0.15, 0.2) is 101 Å². The first-order valence-electron chi connectivity index (χ1n) is 10.8. The molecule has 0 spiro atoms. The molecule has 8 heteroatoms. The molecule has 1 N–H and O–H groups in total. The molecule has 0 unspecified atom stereocenters. The highest BCUT2D eigenvalue weighted by atomic mass is 16.6. The molecule has 0 radical (unpaired) electrons. The molecule has 172 valence electrons. The number of nitrogens with zero attached hydrogens (tertiary/aromatic N) is 2. The van der Waals surface area contributed by atoms with Gasteiger partial charge in [-0.25, -0.2) is 5.43 Å². The summed E-state index contributed by atoms with van der Waals surface area (Å²) in [5, 5.41) is 17.9. The fourth-order valence-corrected chi connectivity index (χ4v) is 3.70. The van der Waals surface area contributed by atoms with E-state index < -0.39 is 10.8 Å². The Morgan fingerprint density at radius 3 is 2.63 bits per heavy atom. The molecule has 1 amide bonds. The monoisotopic (exact) mass is 465 g/mol. The van der Waals surface area contributed by atoms with Gasteiger partial charge in [-0.05, 0) is 58.3 Å². The molecule has 5 rings (SSSR count). The van der Waals surface area contributed by atoms with Crippen molar-refractivity contribution in [2.75, 3.05) is 0 Å². The summed E-state index contributed by atoms with van der Waals surface area (Å²) in [4.78, 5) is 22.9. The van der Waals surface area contributed by atoms with Crippen LogP contribution in [0.3, 0.4) is 0 Å². The summed E-state index contributed by atoms with van der Waals surface area (Å²) >= 11 is 0. The van der Waals surface area contributed by atoms with Crippen LogP contribution in [-0.2, 0) is 6.61 Å². The molecule has 8 nitrogen and oxygen atoms in total. The van der Waals surface area contributed by atoms with Gasteiger partial charge in [-0.3, -0.25) is 14.9 Å². The standard InChI is InChI=1S/C27H19N3O5/c31-27(26-15-24-23-7-2-1-5-20(23)10-13-25(24)35-26)29-28-16-18-8-11-22(12-9-18)34-17-19-4-3-6-21(14-19)30(32)33/h1-16H,17H2,(H,29,31)/b28-16-. The average Bonchev–Trinajstić information content (AvgIpc) is 3.34. The number of ether oxygens (including phenoxy) is 1. The van der Waals surface area contributed by atoms with Crippen LogP contribution in [0.25, 0.3) is 21.7 Å². The number of hydrogen-bond acceptors (Lipinski definition) is 6. The number of carbonyl (C=O) groups is 1. The molecule has 0 aliphatic carbocycles. The van der Waals surface area contributed by atoms with Crippen molar-refractivity contribution < 1.29 is 18.9 Å². The van der Waals surface area contributed by atoms with Crippen molar-refractivity contribution in [3.63, 3.8) is 0 Å². The highest BCUT2D eigenvalue weighted by Crippen LogP contribution is 2.28. The van der Waals surface area contributed by atoms with Crippen molar-refractivity contribution >= 4 is 39.6 Å². The lowest BCUT2D eigenvalue weighted by molar-refractivity contribution is -0.384. The van der Waals surface area contributed by atoms with Gasteiger partial charge in [-0.2, -0.15) is 5.10 Å². The molecule has 1 heterocycles. The Morgan fingerprint density at radius 2 is 1.80 bits per heavy atom. The van der Waals surface area contributed by atoms with Gasteiger partial charge >= 0.3 is 5.91 Å². The Hall–Kier alpha value is -4.98. The molecule has 0 fully saturated rings. The number of nitrogens with one attached hydrogen (secondary N) is 1. The number of amides is 1. The number of rotatable bonds is 7. The van der Waals surface area contributed by atoms with E-state index >= 15 is 0 Å². The van der Waals surface area contributed by atoms with Gasteiger partial charge in [0.15, 0.2) is 5.76 Å². The van der Waals surface area contributed by atoms with E-state index in [4.69, 9.17) is 9.15 Å². The summed E-state index contributed by atoms with van der Waals surface area (Å²) in [6, 6.07) is 26.8. The Kier molecular flexibility index (Phi) is 5.92. The third-order valence-electron chi connectivity index (χ3n) is 5.44. The van der Waals surface area contributed by atoms with E-state index in [1.54, 1.807) is 42.5 Å². The fourth-order valence-electron chi connectivity index (χ4n) is 3.70. The number of carbonyl (C=O) groups excluding carboxylic acids is 1. The number of nitro groups is 1. The van der Waals surface area contributed by atoms with Crippen molar-refractivity contribution in [1.29, 1.82) is 0 Å². The first-order valence-corrected chi connectivity index (χ1v) is 10.8. The Labute approximate surface area is 199 Å². The maximum Gasteiger partial charge on any atom is 0.307 e. The third kappa shape index (κ3) is 4.86. The summed E-state index contributed by atoms with van der Waals surface area (Å²) in [5.41, 5.74) is 4.60. The van der Waals surface area contributed by atoms with Crippen LogP contribution in [-0.4, -0.2) is 17.0 Å². The molecule has 0 bridgehead atoms. The van der Waals surface area contributed by atoms with Crippen LogP contribution in [0.2, 0.25) is 0 Å². The maximum absolute atomic E-state index is 12.5. The lowest BCUT2D eigenvalue weighted by Gasteiger charge is -2.06. The van der Waals surface area contributed by atoms with Gasteiger partial charge in [-0.1, -0.05) is 42.5 Å². The second kappa shape index (κ2) is 9.48. The van der Waals surface area contributed by atoms with Crippen LogP contribution in [0.1, 0.15) is 21.7 Å². The minimum absolute atomic E-state index is 0.0238.